The standard InChI is InChI=1S/C21H22FN7S/c1-3-4-13-28-19(23-26-27-28)14-30-21-25-24-20(17-7-5-6-8-18(17)22)29(21)16-11-9-15(2)10-12-16/h5-12H,3-4,13-14H2,1-2H3. The molecule has 7 nitrogen and oxygen atoms in total. The van der Waals surface area contributed by atoms with Gasteiger partial charge < -0.3 is 0 Å². The van der Waals surface area contributed by atoms with Gasteiger partial charge in [0.05, 0.1) is 11.3 Å². The summed E-state index contributed by atoms with van der Waals surface area (Å²) in [6.07, 6.45) is 2.08. The minimum Gasteiger partial charge on any atom is -0.270 e. The van der Waals surface area contributed by atoms with Crippen LogP contribution >= 0.6 is 11.8 Å². The number of thioether (sulfide) groups is 1. The van der Waals surface area contributed by atoms with Crippen LogP contribution in [0.3, 0.4) is 0 Å². The summed E-state index contributed by atoms with van der Waals surface area (Å²) < 4.78 is 18.2. The van der Waals surface area contributed by atoms with Crippen molar-refractivity contribution in [3.05, 3.63) is 65.7 Å². The smallest absolute Gasteiger partial charge is 0.196 e. The molecule has 30 heavy (non-hydrogen) atoms. The molecule has 4 rings (SSSR count). The van der Waals surface area contributed by atoms with Gasteiger partial charge in [-0.3, -0.25) is 4.57 Å². The van der Waals surface area contributed by atoms with Gasteiger partial charge in [0.1, 0.15) is 5.82 Å². The van der Waals surface area contributed by atoms with Crippen LogP contribution in [0.2, 0.25) is 0 Å². The van der Waals surface area contributed by atoms with Crippen LogP contribution in [-0.4, -0.2) is 35.0 Å². The van der Waals surface area contributed by atoms with E-state index in [0.29, 0.717) is 22.3 Å². The highest BCUT2D eigenvalue weighted by Crippen LogP contribution is 2.30. The minimum atomic E-state index is -0.335. The zero-order valence-electron chi connectivity index (χ0n) is 16.9. The van der Waals surface area contributed by atoms with Gasteiger partial charge in [0, 0.05) is 12.2 Å². The summed E-state index contributed by atoms with van der Waals surface area (Å²) in [6.45, 7) is 4.94. The summed E-state index contributed by atoms with van der Waals surface area (Å²) in [6, 6.07) is 14.6. The number of hydrogen-bond acceptors (Lipinski definition) is 6. The number of hydrogen-bond donors (Lipinski definition) is 0. The zero-order valence-corrected chi connectivity index (χ0v) is 17.7. The molecular weight excluding hydrogens is 401 g/mol. The van der Waals surface area contributed by atoms with Gasteiger partial charge in [0.2, 0.25) is 0 Å². The van der Waals surface area contributed by atoms with E-state index in [0.717, 1.165) is 36.5 Å². The van der Waals surface area contributed by atoms with Crippen molar-refractivity contribution >= 4 is 11.8 Å². The normalized spacial score (nSPS) is 11.2. The fourth-order valence-corrected chi connectivity index (χ4v) is 3.93. The summed E-state index contributed by atoms with van der Waals surface area (Å²) in [5.74, 6) is 1.44. The molecular formula is C21H22FN7S. The van der Waals surface area contributed by atoms with E-state index in [1.807, 2.05) is 40.4 Å². The van der Waals surface area contributed by atoms with Crippen molar-refractivity contribution in [2.75, 3.05) is 0 Å². The van der Waals surface area contributed by atoms with E-state index >= 15 is 0 Å². The van der Waals surface area contributed by atoms with E-state index in [1.165, 1.54) is 17.8 Å². The lowest BCUT2D eigenvalue weighted by Gasteiger charge is -2.11. The Kier molecular flexibility index (Phi) is 6.18. The Balaban J connectivity index is 1.69. The fourth-order valence-electron chi connectivity index (χ4n) is 3.04. The Hall–Kier alpha value is -3.07. The molecule has 9 heteroatoms. The monoisotopic (exact) mass is 423 g/mol. The number of aryl methyl sites for hydroxylation is 2. The lowest BCUT2D eigenvalue weighted by molar-refractivity contribution is 0.540. The number of benzene rings is 2. The zero-order chi connectivity index (χ0) is 20.9. The number of halogens is 1. The lowest BCUT2D eigenvalue weighted by Crippen LogP contribution is -2.06. The number of nitrogens with zero attached hydrogens (tertiary/aromatic N) is 7. The average molecular weight is 424 g/mol. The molecule has 0 N–H and O–H groups in total. The van der Waals surface area contributed by atoms with Crippen molar-refractivity contribution < 1.29 is 4.39 Å². The first-order valence-corrected chi connectivity index (χ1v) is 10.8. The van der Waals surface area contributed by atoms with Gasteiger partial charge in [-0.1, -0.05) is 54.9 Å². The summed E-state index contributed by atoms with van der Waals surface area (Å²) in [7, 11) is 0. The summed E-state index contributed by atoms with van der Waals surface area (Å²) in [5.41, 5.74) is 2.42. The lowest BCUT2D eigenvalue weighted by atomic mass is 10.2. The molecule has 154 valence electrons. The van der Waals surface area contributed by atoms with Gasteiger partial charge in [-0.05, 0) is 48.0 Å². The molecule has 2 aromatic carbocycles. The Morgan fingerprint density at radius 3 is 2.57 bits per heavy atom. The Labute approximate surface area is 178 Å². The van der Waals surface area contributed by atoms with Gasteiger partial charge in [-0.15, -0.1) is 15.3 Å². The molecule has 0 aliphatic heterocycles. The van der Waals surface area contributed by atoms with Crippen LogP contribution in [0.15, 0.2) is 53.7 Å². The SMILES string of the molecule is CCCCn1nnnc1CSc1nnc(-c2ccccc2F)n1-c1ccc(C)cc1. The molecule has 0 atom stereocenters. The van der Waals surface area contributed by atoms with E-state index in [1.54, 1.807) is 18.2 Å². The second-order valence-corrected chi connectivity index (χ2v) is 7.86. The van der Waals surface area contributed by atoms with Crippen molar-refractivity contribution in [3.8, 4) is 17.1 Å². The molecule has 2 heterocycles. The number of unbranched alkanes of at least 4 members (excludes halogenated alkanes) is 1. The van der Waals surface area contributed by atoms with Crippen LogP contribution in [0.1, 0.15) is 31.2 Å². The van der Waals surface area contributed by atoms with E-state index in [4.69, 9.17) is 0 Å². The third-order valence-electron chi connectivity index (χ3n) is 4.70. The largest absolute Gasteiger partial charge is 0.270 e. The maximum Gasteiger partial charge on any atom is 0.196 e. The second-order valence-electron chi connectivity index (χ2n) is 6.92. The van der Waals surface area contributed by atoms with Crippen molar-refractivity contribution in [2.24, 2.45) is 0 Å². The topological polar surface area (TPSA) is 74.3 Å². The first kappa shape index (κ1) is 20.2. The molecule has 2 aromatic heterocycles. The van der Waals surface area contributed by atoms with Gasteiger partial charge in [-0.2, -0.15) is 0 Å². The van der Waals surface area contributed by atoms with Gasteiger partial charge in [0.25, 0.3) is 0 Å². The Morgan fingerprint density at radius 2 is 1.80 bits per heavy atom. The van der Waals surface area contributed by atoms with Crippen LogP contribution in [0, 0.1) is 12.7 Å². The van der Waals surface area contributed by atoms with Crippen LogP contribution in [0.4, 0.5) is 4.39 Å². The van der Waals surface area contributed by atoms with Crippen LogP contribution < -0.4 is 0 Å². The number of aromatic nitrogens is 7. The number of rotatable bonds is 8. The van der Waals surface area contributed by atoms with E-state index < -0.39 is 0 Å². The third-order valence-corrected chi connectivity index (χ3v) is 5.63. The van der Waals surface area contributed by atoms with Crippen molar-refractivity contribution in [1.29, 1.82) is 0 Å². The first-order valence-electron chi connectivity index (χ1n) is 9.82. The molecule has 0 spiro atoms. The quantitative estimate of drug-likeness (QED) is 0.390. The molecule has 0 saturated heterocycles. The highest BCUT2D eigenvalue weighted by molar-refractivity contribution is 7.98. The molecule has 0 aliphatic rings. The van der Waals surface area contributed by atoms with Gasteiger partial charge >= 0.3 is 0 Å². The highest BCUT2D eigenvalue weighted by Gasteiger charge is 2.19. The van der Waals surface area contributed by atoms with E-state index in [-0.39, 0.29) is 5.82 Å². The molecule has 0 bridgehead atoms. The van der Waals surface area contributed by atoms with E-state index in [9.17, 15) is 4.39 Å². The fraction of sp³-hybridized carbons (Fsp3) is 0.286. The van der Waals surface area contributed by atoms with Gasteiger partial charge in [0.15, 0.2) is 16.8 Å². The Morgan fingerprint density at radius 1 is 1.00 bits per heavy atom. The van der Waals surface area contributed by atoms with Crippen LogP contribution in [0.5, 0.6) is 0 Å². The second kappa shape index (κ2) is 9.17. The first-order chi connectivity index (χ1) is 14.7. The van der Waals surface area contributed by atoms with Crippen LogP contribution in [0.25, 0.3) is 17.1 Å². The molecule has 0 aliphatic carbocycles. The summed E-state index contributed by atoms with van der Waals surface area (Å²) in [4.78, 5) is 0. The maximum atomic E-state index is 14.5. The summed E-state index contributed by atoms with van der Waals surface area (Å²) >= 11 is 1.48. The Bertz CT molecular complexity index is 1120. The predicted molar refractivity (Wildman–Crippen MR) is 114 cm³/mol. The molecule has 4 aromatic rings. The summed E-state index contributed by atoms with van der Waals surface area (Å²) in [5, 5.41) is 21.3. The molecule has 0 unspecified atom stereocenters. The minimum absolute atomic E-state index is 0.335. The van der Waals surface area contributed by atoms with Crippen molar-refractivity contribution in [1.82, 2.24) is 35.0 Å². The third kappa shape index (κ3) is 4.25. The molecule has 0 amide bonds. The van der Waals surface area contributed by atoms with Gasteiger partial charge in [-0.25, -0.2) is 9.07 Å². The predicted octanol–water partition coefficient (Wildman–Crippen LogP) is 4.46. The molecule has 0 fully saturated rings. The number of tetrazole rings is 1. The maximum absolute atomic E-state index is 14.5. The van der Waals surface area contributed by atoms with E-state index in [2.05, 4.69) is 32.6 Å². The highest BCUT2D eigenvalue weighted by atomic mass is 32.2. The molecule has 0 radical (unpaired) electrons. The van der Waals surface area contributed by atoms with Crippen molar-refractivity contribution in [3.63, 3.8) is 0 Å². The van der Waals surface area contributed by atoms with Crippen LogP contribution in [-0.2, 0) is 12.3 Å². The van der Waals surface area contributed by atoms with Crippen molar-refractivity contribution in [2.45, 2.75) is 44.1 Å². The average Bonchev–Trinajstić information content (AvgIpc) is 3.38. The molecule has 0 saturated carbocycles.